The molecule has 1 rings (SSSR count). The molecule has 0 aromatic heterocycles. The predicted octanol–water partition coefficient (Wildman–Crippen LogP) is 1.37. The second-order valence-electron chi connectivity index (χ2n) is 2.50. The molecule has 0 unspecified atom stereocenters. The van der Waals surface area contributed by atoms with Gasteiger partial charge in [-0.1, -0.05) is 0 Å². The van der Waals surface area contributed by atoms with E-state index in [0.717, 1.165) is 0 Å². The van der Waals surface area contributed by atoms with E-state index in [1.807, 2.05) is 18.2 Å². The van der Waals surface area contributed by atoms with Gasteiger partial charge >= 0.3 is 0 Å². The Morgan fingerprint density at radius 2 is 1.79 bits per heavy atom. The van der Waals surface area contributed by atoms with Gasteiger partial charge < -0.3 is 5.32 Å². The molecule has 0 aliphatic rings. The number of nitrogens with zero attached hydrogens (tertiary/aromatic N) is 3. The van der Waals surface area contributed by atoms with Crippen molar-refractivity contribution in [3.05, 3.63) is 29.3 Å². The lowest BCUT2D eigenvalue weighted by atomic mass is 10.1. The van der Waals surface area contributed by atoms with Gasteiger partial charge in [0.15, 0.2) is 0 Å². The third-order valence-electron chi connectivity index (χ3n) is 1.63. The average Bonchev–Trinajstić information content (AvgIpc) is 2.25. The lowest BCUT2D eigenvalue weighted by molar-refractivity contribution is 1.31. The molecular weight excluding hydrogens is 176 g/mol. The number of anilines is 1. The van der Waals surface area contributed by atoms with Crippen LogP contribution in [0, 0.1) is 34.0 Å². The molecule has 0 saturated heterocycles. The molecule has 0 aliphatic heterocycles. The van der Waals surface area contributed by atoms with Gasteiger partial charge in [-0.05, 0) is 18.2 Å². The quantitative estimate of drug-likeness (QED) is 0.700. The Kier molecular flexibility index (Phi) is 3.08. The Hall–Kier alpha value is -2.51. The van der Waals surface area contributed by atoms with Gasteiger partial charge in [-0.25, -0.2) is 0 Å². The van der Waals surface area contributed by atoms with Gasteiger partial charge in [0.1, 0.15) is 18.7 Å². The molecule has 0 spiro atoms. The second kappa shape index (κ2) is 4.50. The van der Waals surface area contributed by atoms with Crippen LogP contribution >= 0.6 is 0 Å². The Labute approximate surface area is 81.6 Å². The monoisotopic (exact) mass is 182 g/mol. The van der Waals surface area contributed by atoms with Gasteiger partial charge in [0, 0.05) is 5.69 Å². The van der Waals surface area contributed by atoms with E-state index < -0.39 is 0 Å². The highest BCUT2D eigenvalue weighted by Crippen LogP contribution is 2.13. The highest BCUT2D eigenvalue weighted by Gasteiger charge is 2.01. The summed E-state index contributed by atoms with van der Waals surface area (Å²) in [5, 5.41) is 28.5. The van der Waals surface area contributed by atoms with Gasteiger partial charge in [0.25, 0.3) is 0 Å². The summed E-state index contributed by atoms with van der Waals surface area (Å²) in [7, 11) is 0. The second-order valence-corrected chi connectivity index (χ2v) is 2.50. The maximum atomic E-state index is 8.71. The fourth-order valence-electron chi connectivity index (χ4n) is 0.986. The molecule has 1 N–H and O–H groups in total. The highest BCUT2D eigenvalue weighted by atomic mass is 14.9. The maximum absolute atomic E-state index is 8.71. The first-order chi connectivity index (χ1) is 6.81. The fraction of sp³-hybridized carbons (Fsp3) is 0.100. The largest absolute Gasteiger partial charge is 0.372 e. The minimum atomic E-state index is 0.177. The topological polar surface area (TPSA) is 83.4 Å². The normalized spacial score (nSPS) is 8.07. The zero-order chi connectivity index (χ0) is 10.4. The first-order valence-electron chi connectivity index (χ1n) is 3.87. The zero-order valence-corrected chi connectivity index (χ0v) is 7.28. The number of hydrogen-bond donors (Lipinski definition) is 1. The molecule has 4 heteroatoms. The van der Waals surface area contributed by atoms with Crippen molar-refractivity contribution in [1.29, 1.82) is 15.8 Å². The van der Waals surface area contributed by atoms with Crippen molar-refractivity contribution < 1.29 is 0 Å². The summed E-state index contributed by atoms with van der Waals surface area (Å²) < 4.78 is 0. The third kappa shape index (κ3) is 2.00. The van der Waals surface area contributed by atoms with E-state index in [2.05, 4.69) is 5.32 Å². The van der Waals surface area contributed by atoms with Crippen molar-refractivity contribution in [3.8, 4) is 18.2 Å². The summed E-state index contributed by atoms with van der Waals surface area (Å²) in [5.41, 5.74) is 1.33. The number of rotatable bonds is 2. The average molecular weight is 182 g/mol. The molecule has 1 aromatic rings. The zero-order valence-electron chi connectivity index (χ0n) is 7.28. The molecule has 4 nitrogen and oxygen atoms in total. The van der Waals surface area contributed by atoms with Crippen molar-refractivity contribution in [2.75, 3.05) is 11.9 Å². The van der Waals surface area contributed by atoms with Gasteiger partial charge in [0.05, 0.1) is 17.2 Å². The Balaban J connectivity index is 3.00. The molecular formula is C10H6N4. The van der Waals surface area contributed by atoms with Crippen molar-refractivity contribution in [2.45, 2.75) is 0 Å². The smallest absolute Gasteiger partial charge is 0.103 e. The lowest BCUT2D eigenvalue weighted by Crippen LogP contribution is -1.98. The summed E-state index contributed by atoms with van der Waals surface area (Å²) in [5.74, 6) is 0. The van der Waals surface area contributed by atoms with Crippen LogP contribution in [0.1, 0.15) is 11.1 Å². The van der Waals surface area contributed by atoms with Crippen molar-refractivity contribution >= 4 is 5.69 Å². The van der Waals surface area contributed by atoms with Crippen molar-refractivity contribution in [3.63, 3.8) is 0 Å². The number of nitriles is 3. The highest BCUT2D eigenvalue weighted by molar-refractivity contribution is 5.56. The van der Waals surface area contributed by atoms with E-state index >= 15 is 0 Å². The fourth-order valence-corrected chi connectivity index (χ4v) is 0.986. The summed E-state index contributed by atoms with van der Waals surface area (Å²) in [4.78, 5) is 0. The van der Waals surface area contributed by atoms with Crippen LogP contribution in [0.2, 0.25) is 0 Å². The molecule has 0 saturated carbocycles. The number of nitrogens with one attached hydrogen (secondary N) is 1. The van der Waals surface area contributed by atoms with Gasteiger partial charge in [-0.2, -0.15) is 15.8 Å². The van der Waals surface area contributed by atoms with E-state index in [1.54, 1.807) is 18.2 Å². The lowest BCUT2D eigenvalue weighted by Gasteiger charge is -2.02. The summed E-state index contributed by atoms with van der Waals surface area (Å²) in [6, 6.07) is 10.5. The van der Waals surface area contributed by atoms with Crippen LogP contribution in [0.5, 0.6) is 0 Å². The molecule has 0 bridgehead atoms. The molecule has 14 heavy (non-hydrogen) atoms. The van der Waals surface area contributed by atoms with E-state index in [1.165, 1.54) is 0 Å². The molecule has 0 aliphatic carbocycles. The van der Waals surface area contributed by atoms with Crippen LogP contribution in [0.3, 0.4) is 0 Å². The molecule has 0 atom stereocenters. The predicted molar refractivity (Wildman–Crippen MR) is 50.0 cm³/mol. The maximum Gasteiger partial charge on any atom is 0.103 e. The van der Waals surface area contributed by atoms with Crippen molar-refractivity contribution in [1.82, 2.24) is 0 Å². The van der Waals surface area contributed by atoms with Crippen LogP contribution in [0.25, 0.3) is 0 Å². The first-order valence-corrected chi connectivity index (χ1v) is 3.87. The summed E-state index contributed by atoms with van der Waals surface area (Å²) in [6.45, 7) is 0.177. The van der Waals surface area contributed by atoms with E-state index in [0.29, 0.717) is 16.8 Å². The standard InChI is InChI=1S/C10H6N4/c11-3-4-14-10-2-1-8(6-12)9(5-10)7-13/h1-2,5,14H,4H2. The van der Waals surface area contributed by atoms with Crippen molar-refractivity contribution in [2.24, 2.45) is 0 Å². The molecule has 0 heterocycles. The molecule has 1 aromatic carbocycles. The molecule has 0 radical (unpaired) electrons. The van der Waals surface area contributed by atoms with E-state index in [4.69, 9.17) is 15.8 Å². The van der Waals surface area contributed by atoms with Crippen LogP contribution in [0.4, 0.5) is 5.69 Å². The minimum Gasteiger partial charge on any atom is -0.372 e. The summed E-state index contributed by atoms with van der Waals surface area (Å²) in [6.07, 6.45) is 0. The Morgan fingerprint density at radius 3 is 2.36 bits per heavy atom. The Bertz CT molecular complexity index is 456. The minimum absolute atomic E-state index is 0.177. The van der Waals surface area contributed by atoms with E-state index in [9.17, 15) is 0 Å². The SMILES string of the molecule is N#CCNc1ccc(C#N)c(C#N)c1. The van der Waals surface area contributed by atoms with Crippen LogP contribution in [-0.2, 0) is 0 Å². The Morgan fingerprint density at radius 1 is 1.07 bits per heavy atom. The molecule has 0 amide bonds. The van der Waals surface area contributed by atoms with Crippen LogP contribution < -0.4 is 5.32 Å². The molecule has 66 valence electrons. The van der Waals surface area contributed by atoms with Gasteiger partial charge in [0.2, 0.25) is 0 Å². The first kappa shape index (κ1) is 9.58. The van der Waals surface area contributed by atoms with Crippen LogP contribution in [-0.4, -0.2) is 6.54 Å². The van der Waals surface area contributed by atoms with Gasteiger partial charge in [-0.3, -0.25) is 0 Å². The van der Waals surface area contributed by atoms with Crippen LogP contribution in [0.15, 0.2) is 18.2 Å². The number of benzene rings is 1. The summed E-state index contributed by atoms with van der Waals surface area (Å²) >= 11 is 0. The number of hydrogen-bond acceptors (Lipinski definition) is 4. The van der Waals surface area contributed by atoms with E-state index in [-0.39, 0.29) is 6.54 Å². The molecule has 0 fully saturated rings. The van der Waals surface area contributed by atoms with Gasteiger partial charge in [-0.15, -0.1) is 0 Å². The third-order valence-corrected chi connectivity index (χ3v) is 1.63.